The first-order valence-corrected chi connectivity index (χ1v) is 6.10. The number of carboxylic acid groups (broad SMARTS) is 1. The molecule has 1 aromatic carbocycles. The minimum atomic E-state index is -1.28. The molecule has 5 nitrogen and oxygen atoms in total. The SMILES string of the molecule is C[C@@H]1COc2c(F)c(F)cc3c2N1C[C@@H](C(=O)O)C3=O. The van der Waals surface area contributed by atoms with Crippen LogP contribution < -0.4 is 9.64 Å². The normalized spacial score (nSPS) is 24.1. The van der Waals surface area contributed by atoms with E-state index < -0.39 is 29.3 Å². The van der Waals surface area contributed by atoms with Crippen LogP contribution in [0.4, 0.5) is 14.5 Å². The summed E-state index contributed by atoms with van der Waals surface area (Å²) in [6, 6.07) is 0.529. The second-order valence-electron chi connectivity index (χ2n) is 4.97. The number of carbonyl (C=O) groups excluding carboxylic acids is 1. The van der Waals surface area contributed by atoms with Crippen LogP contribution in [0.3, 0.4) is 0 Å². The Kier molecular flexibility index (Phi) is 2.67. The van der Waals surface area contributed by atoms with Gasteiger partial charge >= 0.3 is 5.97 Å². The lowest BCUT2D eigenvalue weighted by molar-refractivity contribution is -0.139. The van der Waals surface area contributed by atoms with Crippen molar-refractivity contribution in [2.24, 2.45) is 5.92 Å². The fourth-order valence-corrected chi connectivity index (χ4v) is 2.64. The minimum absolute atomic E-state index is 0.0657. The summed E-state index contributed by atoms with van der Waals surface area (Å²) in [5.74, 6) is -5.95. The molecule has 7 heteroatoms. The van der Waals surface area contributed by atoms with Crippen molar-refractivity contribution in [2.75, 3.05) is 18.1 Å². The number of carbonyl (C=O) groups is 2. The average molecular weight is 283 g/mol. The van der Waals surface area contributed by atoms with E-state index in [2.05, 4.69) is 0 Å². The molecule has 0 bridgehead atoms. The van der Waals surface area contributed by atoms with Crippen LogP contribution >= 0.6 is 0 Å². The van der Waals surface area contributed by atoms with Crippen molar-refractivity contribution in [1.82, 2.24) is 0 Å². The molecule has 3 rings (SSSR count). The molecule has 20 heavy (non-hydrogen) atoms. The van der Waals surface area contributed by atoms with E-state index in [0.717, 1.165) is 6.07 Å². The number of carboxylic acids is 1. The van der Waals surface area contributed by atoms with Crippen molar-refractivity contribution in [2.45, 2.75) is 13.0 Å². The molecular weight excluding hydrogens is 272 g/mol. The molecule has 1 N–H and O–H groups in total. The zero-order valence-corrected chi connectivity index (χ0v) is 10.5. The second-order valence-corrected chi connectivity index (χ2v) is 4.97. The van der Waals surface area contributed by atoms with Crippen molar-refractivity contribution in [3.8, 4) is 5.75 Å². The number of ketones is 1. The molecule has 0 unspecified atom stereocenters. The number of Topliss-reactive ketones (excluding diaryl/α,β-unsaturated/α-hetero) is 1. The van der Waals surface area contributed by atoms with E-state index in [1.54, 1.807) is 11.8 Å². The van der Waals surface area contributed by atoms with Crippen LogP contribution in [-0.2, 0) is 4.79 Å². The molecule has 2 heterocycles. The highest BCUT2D eigenvalue weighted by molar-refractivity contribution is 6.14. The van der Waals surface area contributed by atoms with Crippen LogP contribution in [0.2, 0.25) is 0 Å². The monoisotopic (exact) mass is 283 g/mol. The molecule has 0 saturated carbocycles. The van der Waals surface area contributed by atoms with Gasteiger partial charge in [0.25, 0.3) is 0 Å². The lowest BCUT2D eigenvalue weighted by atomic mass is 9.89. The molecule has 106 valence electrons. The number of nitrogens with zero attached hydrogens (tertiary/aromatic N) is 1. The van der Waals surface area contributed by atoms with Crippen LogP contribution in [-0.4, -0.2) is 36.1 Å². The standard InChI is InChI=1S/C13H11F2NO4/c1-5-4-20-12-9(15)8(14)2-6-10(12)16(5)3-7(11(6)17)13(18)19/h2,5,7H,3-4H2,1H3,(H,18,19)/t5-,7-/m1/s1. The van der Waals surface area contributed by atoms with E-state index in [4.69, 9.17) is 9.84 Å². The van der Waals surface area contributed by atoms with E-state index >= 15 is 0 Å². The second kappa shape index (κ2) is 4.16. The van der Waals surface area contributed by atoms with Gasteiger partial charge in [0, 0.05) is 12.1 Å². The number of halogens is 2. The Bertz CT molecular complexity index is 631. The first kappa shape index (κ1) is 12.8. The Balaban J connectivity index is 2.26. The summed E-state index contributed by atoms with van der Waals surface area (Å²) in [7, 11) is 0. The molecular formula is C13H11F2NO4. The predicted molar refractivity (Wildman–Crippen MR) is 64.1 cm³/mol. The number of anilines is 1. The van der Waals surface area contributed by atoms with Gasteiger partial charge in [-0.05, 0) is 13.0 Å². The Morgan fingerprint density at radius 3 is 2.85 bits per heavy atom. The number of ether oxygens (including phenoxy) is 1. The molecule has 2 aliphatic rings. The third kappa shape index (κ3) is 1.59. The van der Waals surface area contributed by atoms with E-state index in [1.165, 1.54) is 0 Å². The molecule has 1 aromatic rings. The molecule has 0 saturated heterocycles. The van der Waals surface area contributed by atoms with Gasteiger partial charge in [-0.2, -0.15) is 4.39 Å². The summed E-state index contributed by atoms with van der Waals surface area (Å²) in [6.45, 7) is 1.81. The summed E-state index contributed by atoms with van der Waals surface area (Å²) in [6.07, 6.45) is 0. The van der Waals surface area contributed by atoms with Gasteiger partial charge in [0.05, 0.1) is 11.7 Å². The third-order valence-corrected chi connectivity index (χ3v) is 3.70. The van der Waals surface area contributed by atoms with Crippen LogP contribution in [0.1, 0.15) is 17.3 Å². The van der Waals surface area contributed by atoms with Gasteiger partial charge in [-0.3, -0.25) is 9.59 Å². The van der Waals surface area contributed by atoms with Gasteiger partial charge in [0.1, 0.15) is 12.5 Å². The van der Waals surface area contributed by atoms with Crippen LogP contribution in [0.15, 0.2) is 6.07 Å². The molecule has 0 radical (unpaired) electrons. The highest BCUT2D eigenvalue weighted by atomic mass is 19.2. The number of aliphatic carboxylic acids is 1. The minimum Gasteiger partial charge on any atom is -0.486 e. The number of benzene rings is 1. The van der Waals surface area contributed by atoms with Crippen LogP contribution in [0.25, 0.3) is 0 Å². The quantitative estimate of drug-likeness (QED) is 0.790. The van der Waals surface area contributed by atoms with Gasteiger partial charge in [0.15, 0.2) is 17.3 Å². The lowest BCUT2D eigenvalue weighted by Gasteiger charge is -2.42. The topological polar surface area (TPSA) is 66.8 Å². The maximum atomic E-state index is 13.8. The number of hydrogen-bond acceptors (Lipinski definition) is 4. The molecule has 0 spiro atoms. The Hall–Kier alpha value is -2.18. The van der Waals surface area contributed by atoms with E-state index in [1.807, 2.05) is 0 Å². The Morgan fingerprint density at radius 2 is 2.20 bits per heavy atom. The first-order valence-electron chi connectivity index (χ1n) is 6.10. The van der Waals surface area contributed by atoms with Crippen LogP contribution in [0.5, 0.6) is 5.75 Å². The number of hydrogen-bond donors (Lipinski definition) is 1. The van der Waals surface area contributed by atoms with Gasteiger partial charge < -0.3 is 14.7 Å². The van der Waals surface area contributed by atoms with Gasteiger partial charge in [-0.25, -0.2) is 4.39 Å². The summed E-state index contributed by atoms with van der Waals surface area (Å²) < 4.78 is 32.5. The smallest absolute Gasteiger partial charge is 0.316 e. The Labute approximate surface area is 112 Å². The summed E-state index contributed by atoms with van der Waals surface area (Å²) >= 11 is 0. The third-order valence-electron chi connectivity index (χ3n) is 3.70. The summed E-state index contributed by atoms with van der Waals surface area (Å²) in [5, 5.41) is 9.10. The summed E-state index contributed by atoms with van der Waals surface area (Å²) in [4.78, 5) is 24.9. The van der Waals surface area contributed by atoms with Crippen molar-refractivity contribution in [3.05, 3.63) is 23.3 Å². The van der Waals surface area contributed by atoms with E-state index in [0.29, 0.717) is 0 Å². The first-order chi connectivity index (χ1) is 9.41. The summed E-state index contributed by atoms with van der Waals surface area (Å²) in [5.41, 5.74) is 0.0225. The fourth-order valence-electron chi connectivity index (χ4n) is 2.64. The van der Waals surface area contributed by atoms with Crippen molar-refractivity contribution < 1.29 is 28.2 Å². The van der Waals surface area contributed by atoms with Crippen molar-refractivity contribution in [1.29, 1.82) is 0 Å². The maximum Gasteiger partial charge on any atom is 0.316 e. The van der Waals surface area contributed by atoms with Crippen LogP contribution in [0, 0.1) is 17.6 Å². The molecule has 0 aromatic heterocycles. The fraction of sp³-hybridized carbons (Fsp3) is 0.385. The van der Waals surface area contributed by atoms with Crippen molar-refractivity contribution in [3.63, 3.8) is 0 Å². The highest BCUT2D eigenvalue weighted by Gasteiger charge is 2.43. The van der Waals surface area contributed by atoms with Gasteiger partial charge in [-0.15, -0.1) is 0 Å². The van der Waals surface area contributed by atoms with E-state index in [9.17, 15) is 18.4 Å². The van der Waals surface area contributed by atoms with Gasteiger partial charge in [0.2, 0.25) is 5.82 Å². The maximum absolute atomic E-state index is 13.8. The zero-order valence-electron chi connectivity index (χ0n) is 10.5. The van der Waals surface area contributed by atoms with Gasteiger partial charge in [-0.1, -0.05) is 0 Å². The molecule has 0 aliphatic carbocycles. The molecule has 2 atom stereocenters. The zero-order chi connectivity index (χ0) is 14.6. The highest BCUT2D eigenvalue weighted by Crippen LogP contribution is 2.44. The van der Waals surface area contributed by atoms with Crippen molar-refractivity contribution >= 4 is 17.4 Å². The predicted octanol–water partition coefficient (Wildman–Crippen LogP) is 1.45. The molecule has 0 amide bonds. The lowest BCUT2D eigenvalue weighted by Crippen LogP contribution is -2.51. The molecule has 0 fully saturated rings. The average Bonchev–Trinajstić information content (AvgIpc) is 2.39. The number of rotatable bonds is 1. The Morgan fingerprint density at radius 1 is 1.50 bits per heavy atom. The largest absolute Gasteiger partial charge is 0.486 e. The van der Waals surface area contributed by atoms with E-state index in [-0.39, 0.29) is 36.2 Å². The molecule has 2 aliphatic heterocycles.